The fourth-order valence-electron chi connectivity index (χ4n) is 2.02. The standard InChI is InChI=1S/C14H10N4/c15-7-9-18-13-6-8-16-10-12(13)14(17-18)11-4-2-1-3-5-11/h1-6,8,10H,9H2. The van der Waals surface area contributed by atoms with E-state index in [0.29, 0.717) is 0 Å². The Balaban J connectivity index is 2.28. The molecule has 0 fully saturated rings. The number of pyridine rings is 1. The van der Waals surface area contributed by atoms with E-state index in [-0.39, 0.29) is 6.54 Å². The van der Waals surface area contributed by atoms with Gasteiger partial charge in [-0.25, -0.2) is 4.68 Å². The SMILES string of the molecule is N#CCn1nc(-c2ccccc2)c2cnccc21. The molecule has 2 heterocycles. The van der Waals surface area contributed by atoms with Crippen molar-refractivity contribution in [2.75, 3.05) is 0 Å². The largest absolute Gasteiger partial charge is 0.264 e. The third-order valence-corrected chi connectivity index (χ3v) is 2.82. The zero-order valence-electron chi connectivity index (χ0n) is 9.61. The van der Waals surface area contributed by atoms with Crippen molar-refractivity contribution in [2.45, 2.75) is 6.54 Å². The van der Waals surface area contributed by atoms with Crippen molar-refractivity contribution in [3.05, 3.63) is 48.8 Å². The van der Waals surface area contributed by atoms with Crippen LogP contribution in [0.15, 0.2) is 48.8 Å². The van der Waals surface area contributed by atoms with Crippen LogP contribution in [0.1, 0.15) is 0 Å². The normalized spacial score (nSPS) is 10.4. The summed E-state index contributed by atoms with van der Waals surface area (Å²) < 4.78 is 1.71. The molecule has 1 aromatic carbocycles. The van der Waals surface area contributed by atoms with Crippen LogP contribution in [-0.2, 0) is 6.54 Å². The number of benzene rings is 1. The Bertz CT molecular complexity index is 722. The summed E-state index contributed by atoms with van der Waals surface area (Å²) >= 11 is 0. The second kappa shape index (κ2) is 4.30. The van der Waals surface area contributed by atoms with Crippen LogP contribution >= 0.6 is 0 Å². The zero-order chi connectivity index (χ0) is 12.4. The van der Waals surface area contributed by atoms with Gasteiger partial charge in [-0.3, -0.25) is 4.98 Å². The lowest BCUT2D eigenvalue weighted by atomic mass is 10.1. The molecule has 18 heavy (non-hydrogen) atoms. The number of hydrogen-bond donors (Lipinski definition) is 0. The number of nitrogens with zero attached hydrogens (tertiary/aromatic N) is 4. The van der Waals surface area contributed by atoms with Crippen molar-refractivity contribution in [3.63, 3.8) is 0 Å². The molecule has 0 N–H and O–H groups in total. The van der Waals surface area contributed by atoms with Crippen molar-refractivity contribution in [1.82, 2.24) is 14.8 Å². The van der Waals surface area contributed by atoms with E-state index in [9.17, 15) is 0 Å². The molecule has 0 spiro atoms. The van der Waals surface area contributed by atoms with E-state index in [4.69, 9.17) is 5.26 Å². The zero-order valence-corrected chi connectivity index (χ0v) is 9.61. The molecular weight excluding hydrogens is 224 g/mol. The molecule has 4 heteroatoms. The molecule has 0 aliphatic rings. The molecule has 4 nitrogen and oxygen atoms in total. The first-order valence-electron chi connectivity index (χ1n) is 5.63. The van der Waals surface area contributed by atoms with E-state index >= 15 is 0 Å². The highest BCUT2D eigenvalue weighted by Gasteiger charge is 2.11. The molecule has 0 atom stereocenters. The number of nitriles is 1. The highest BCUT2D eigenvalue weighted by atomic mass is 15.3. The van der Waals surface area contributed by atoms with E-state index in [1.54, 1.807) is 17.1 Å². The summed E-state index contributed by atoms with van der Waals surface area (Å²) in [5, 5.41) is 14.3. The summed E-state index contributed by atoms with van der Waals surface area (Å²) in [4.78, 5) is 4.14. The molecule has 2 aromatic heterocycles. The van der Waals surface area contributed by atoms with Gasteiger partial charge in [0.05, 0.1) is 11.6 Å². The van der Waals surface area contributed by atoms with Crippen LogP contribution in [-0.4, -0.2) is 14.8 Å². The van der Waals surface area contributed by atoms with Crippen molar-refractivity contribution in [2.24, 2.45) is 0 Å². The van der Waals surface area contributed by atoms with E-state index in [1.165, 1.54) is 0 Å². The van der Waals surface area contributed by atoms with Crippen LogP contribution in [0.25, 0.3) is 22.2 Å². The van der Waals surface area contributed by atoms with Crippen LogP contribution in [0.2, 0.25) is 0 Å². The Morgan fingerprint density at radius 2 is 2.00 bits per heavy atom. The van der Waals surface area contributed by atoms with Gasteiger partial charge in [-0.2, -0.15) is 10.4 Å². The molecule has 0 radical (unpaired) electrons. The van der Waals surface area contributed by atoms with E-state index < -0.39 is 0 Å². The van der Waals surface area contributed by atoms with E-state index in [2.05, 4.69) is 16.2 Å². The van der Waals surface area contributed by atoms with Crippen molar-refractivity contribution in [3.8, 4) is 17.3 Å². The molecule has 3 aromatic rings. The fourth-order valence-corrected chi connectivity index (χ4v) is 2.02. The quantitative estimate of drug-likeness (QED) is 0.684. The Hall–Kier alpha value is -2.67. The molecule has 0 unspecified atom stereocenters. The Morgan fingerprint density at radius 3 is 2.78 bits per heavy atom. The van der Waals surface area contributed by atoms with E-state index in [0.717, 1.165) is 22.2 Å². The minimum atomic E-state index is 0.243. The van der Waals surface area contributed by atoms with Gasteiger partial charge >= 0.3 is 0 Å². The van der Waals surface area contributed by atoms with E-state index in [1.807, 2.05) is 36.4 Å². The second-order valence-electron chi connectivity index (χ2n) is 3.92. The molecule has 0 aliphatic carbocycles. The van der Waals surface area contributed by atoms with Crippen molar-refractivity contribution < 1.29 is 0 Å². The first-order chi connectivity index (χ1) is 8.90. The van der Waals surface area contributed by atoms with Gasteiger partial charge in [0.1, 0.15) is 12.2 Å². The maximum absolute atomic E-state index is 8.83. The predicted octanol–water partition coefficient (Wildman–Crippen LogP) is 2.62. The number of hydrogen-bond acceptors (Lipinski definition) is 3. The van der Waals surface area contributed by atoms with Crippen LogP contribution in [0, 0.1) is 11.3 Å². The van der Waals surface area contributed by atoms with Gasteiger partial charge in [0.15, 0.2) is 0 Å². The summed E-state index contributed by atoms with van der Waals surface area (Å²) in [6.07, 6.45) is 3.51. The average molecular weight is 234 g/mol. The molecular formula is C14H10N4. The fraction of sp³-hybridized carbons (Fsp3) is 0.0714. The summed E-state index contributed by atoms with van der Waals surface area (Å²) in [5.74, 6) is 0. The topological polar surface area (TPSA) is 54.5 Å². The Labute approximate surface area is 104 Å². The van der Waals surface area contributed by atoms with Gasteiger partial charge in [0.25, 0.3) is 0 Å². The highest BCUT2D eigenvalue weighted by molar-refractivity contribution is 5.92. The summed E-state index contributed by atoms with van der Waals surface area (Å²) in [6.45, 7) is 0.243. The molecule has 0 saturated heterocycles. The second-order valence-corrected chi connectivity index (χ2v) is 3.92. The molecule has 86 valence electrons. The van der Waals surface area contributed by atoms with Gasteiger partial charge in [-0.05, 0) is 6.07 Å². The van der Waals surface area contributed by atoms with Crippen molar-refractivity contribution >= 4 is 10.9 Å². The number of fused-ring (bicyclic) bond motifs is 1. The predicted molar refractivity (Wildman–Crippen MR) is 68.6 cm³/mol. The molecule has 0 bridgehead atoms. The minimum Gasteiger partial charge on any atom is -0.264 e. The lowest BCUT2D eigenvalue weighted by molar-refractivity contribution is 0.739. The highest BCUT2D eigenvalue weighted by Crippen LogP contribution is 2.26. The summed E-state index contributed by atoms with van der Waals surface area (Å²) in [6, 6.07) is 13.9. The monoisotopic (exact) mass is 234 g/mol. The average Bonchev–Trinajstić information content (AvgIpc) is 2.80. The smallest absolute Gasteiger partial charge is 0.128 e. The molecule has 3 rings (SSSR count). The molecule has 0 aliphatic heterocycles. The minimum absolute atomic E-state index is 0.243. The number of aromatic nitrogens is 3. The number of rotatable bonds is 2. The molecule has 0 amide bonds. The van der Waals surface area contributed by atoms with Gasteiger partial charge in [0, 0.05) is 23.3 Å². The van der Waals surface area contributed by atoms with Crippen LogP contribution in [0.4, 0.5) is 0 Å². The van der Waals surface area contributed by atoms with Crippen LogP contribution in [0.3, 0.4) is 0 Å². The maximum atomic E-state index is 8.83. The summed E-state index contributed by atoms with van der Waals surface area (Å²) in [7, 11) is 0. The van der Waals surface area contributed by atoms with Gasteiger partial charge in [-0.1, -0.05) is 30.3 Å². The Kier molecular flexibility index (Phi) is 2.50. The van der Waals surface area contributed by atoms with Gasteiger partial charge in [-0.15, -0.1) is 0 Å². The Morgan fingerprint density at radius 1 is 1.17 bits per heavy atom. The van der Waals surface area contributed by atoms with Crippen molar-refractivity contribution in [1.29, 1.82) is 5.26 Å². The lowest BCUT2D eigenvalue weighted by Gasteiger charge is -1.95. The third kappa shape index (κ3) is 1.62. The first kappa shape index (κ1) is 10.5. The van der Waals surface area contributed by atoms with Gasteiger partial charge < -0.3 is 0 Å². The van der Waals surface area contributed by atoms with Crippen LogP contribution in [0.5, 0.6) is 0 Å². The third-order valence-electron chi connectivity index (χ3n) is 2.82. The molecule has 0 saturated carbocycles. The maximum Gasteiger partial charge on any atom is 0.128 e. The summed E-state index contributed by atoms with van der Waals surface area (Å²) in [5.41, 5.74) is 2.84. The lowest BCUT2D eigenvalue weighted by Crippen LogP contribution is -1.97. The first-order valence-corrected chi connectivity index (χ1v) is 5.63. The van der Waals surface area contributed by atoms with Crippen LogP contribution < -0.4 is 0 Å². The van der Waals surface area contributed by atoms with Gasteiger partial charge in [0.2, 0.25) is 0 Å².